The molecule has 0 spiro atoms. The Morgan fingerprint density at radius 1 is 1.20 bits per heavy atom. The monoisotopic (exact) mass is 356 g/mol. The minimum absolute atomic E-state index is 0.00108. The molecule has 2 heterocycles. The fourth-order valence-corrected chi connectivity index (χ4v) is 4.02. The summed E-state index contributed by atoms with van der Waals surface area (Å²) in [5.41, 5.74) is 1.45. The minimum Gasteiger partial charge on any atom is -0.356 e. The van der Waals surface area contributed by atoms with Gasteiger partial charge in [-0.05, 0) is 49.8 Å². The number of aryl methyl sites for hydroxylation is 1. The molecule has 0 fully saturated rings. The van der Waals surface area contributed by atoms with E-state index in [2.05, 4.69) is 16.8 Å². The van der Waals surface area contributed by atoms with Crippen molar-refractivity contribution in [1.29, 1.82) is 0 Å². The first-order valence-electron chi connectivity index (χ1n) is 8.70. The molecule has 1 N–H and O–H groups in total. The van der Waals surface area contributed by atoms with Crippen LogP contribution in [0.15, 0.2) is 41.8 Å². The third-order valence-electron chi connectivity index (χ3n) is 4.71. The Bertz CT molecular complexity index is 753. The summed E-state index contributed by atoms with van der Waals surface area (Å²) in [4.78, 5) is 27.9. The molecule has 1 aliphatic heterocycles. The van der Waals surface area contributed by atoms with E-state index in [1.165, 1.54) is 4.88 Å². The average Bonchev–Trinajstić information content (AvgIpc) is 3.18. The molecule has 1 aliphatic rings. The number of amides is 2. The number of hydrogen-bond donors (Lipinski definition) is 1. The molecule has 2 amide bonds. The summed E-state index contributed by atoms with van der Waals surface area (Å²) in [5, 5.41) is 5.03. The number of nitrogens with one attached hydrogen (secondary N) is 1. The summed E-state index contributed by atoms with van der Waals surface area (Å²) in [7, 11) is 0. The molecule has 132 valence electrons. The van der Waals surface area contributed by atoms with Crippen LogP contribution in [0.25, 0.3) is 0 Å². The molecule has 5 heteroatoms. The number of fused-ring (bicyclic) bond motifs is 1. The summed E-state index contributed by atoms with van der Waals surface area (Å²) < 4.78 is 0. The third kappa shape index (κ3) is 3.76. The van der Waals surface area contributed by atoms with Crippen molar-refractivity contribution in [3.05, 3.63) is 52.2 Å². The lowest BCUT2D eigenvalue weighted by atomic mass is 9.86. The van der Waals surface area contributed by atoms with Crippen molar-refractivity contribution < 1.29 is 9.59 Å². The Balaban J connectivity index is 1.48. The molecule has 25 heavy (non-hydrogen) atoms. The molecule has 3 rings (SSSR count). The maximum absolute atomic E-state index is 12.7. The minimum atomic E-state index is -0.520. The van der Waals surface area contributed by atoms with Gasteiger partial charge in [0.05, 0.1) is 5.41 Å². The maximum atomic E-state index is 12.7. The molecule has 2 aromatic rings. The number of para-hydroxylation sites is 1. The van der Waals surface area contributed by atoms with Crippen molar-refractivity contribution in [3.8, 4) is 0 Å². The second-order valence-electron chi connectivity index (χ2n) is 6.88. The van der Waals surface area contributed by atoms with Crippen molar-refractivity contribution in [3.63, 3.8) is 0 Å². The van der Waals surface area contributed by atoms with E-state index in [9.17, 15) is 9.59 Å². The predicted octanol–water partition coefficient (Wildman–Crippen LogP) is 3.51. The highest BCUT2D eigenvalue weighted by atomic mass is 32.1. The zero-order valence-electron chi connectivity index (χ0n) is 14.7. The number of carbonyl (C=O) groups is 2. The van der Waals surface area contributed by atoms with Gasteiger partial charge in [0.25, 0.3) is 0 Å². The third-order valence-corrected chi connectivity index (χ3v) is 5.65. The Morgan fingerprint density at radius 3 is 2.76 bits per heavy atom. The molecule has 0 aliphatic carbocycles. The van der Waals surface area contributed by atoms with Gasteiger partial charge >= 0.3 is 0 Å². The Hall–Kier alpha value is -2.14. The second-order valence-corrected chi connectivity index (χ2v) is 7.91. The van der Waals surface area contributed by atoms with Gasteiger partial charge in [0.15, 0.2) is 0 Å². The van der Waals surface area contributed by atoms with E-state index in [0.29, 0.717) is 19.5 Å². The molecular weight excluding hydrogens is 332 g/mol. The highest BCUT2D eigenvalue weighted by molar-refractivity contribution is 7.09. The number of benzene rings is 1. The van der Waals surface area contributed by atoms with Crippen molar-refractivity contribution >= 4 is 28.8 Å². The zero-order valence-corrected chi connectivity index (χ0v) is 15.6. The van der Waals surface area contributed by atoms with Crippen LogP contribution in [-0.4, -0.2) is 24.9 Å². The fourth-order valence-electron chi connectivity index (χ4n) is 3.27. The summed E-state index contributed by atoms with van der Waals surface area (Å²) in [6.07, 6.45) is 2.25. The van der Waals surface area contributed by atoms with Gasteiger partial charge in [-0.25, -0.2) is 0 Å². The van der Waals surface area contributed by atoms with Crippen LogP contribution >= 0.6 is 11.3 Å². The van der Waals surface area contributed by atoms with Gasteiger partial charge in [-0.15, -0.1) is 11.3 Å². The highest BCUT2D eigenvalue weighted by Gasteiger charge is 2.43. The van der Waals surface area contributed by atoms with Crippen molar-refractivity contribution in [2.45, 2.75) is 38.5 Å². The number of carbonyl (C=O) groups excluding carboxylic acids is 2. The Kier molecular flexibility index (Phi) is 5.23. The first kappa shape index (κ1) is 17.7. The largest absolute Gasteiger partial charge is 0.356 e. The van der Waals surface area contributed by atoms with Gasteiger partial charge in [-0.3, -0.25) is 9.59 Å². The topological polar surface area (TPSA) is 49.4 Å². The van der Waals surface area contributed by atoms with Crippen LogP contribution in [0.1, 0.15) is 37.1 Å². The van der Waals surface area contributed by atoms with Crippen LogP contribution in [0, 0.1) is 0 Å². The van der Waals surface area contributed by atoms with E-state index in [-0.39, 0.29) is 11.8 Å². The predicted molar refractivity (Wildman–Crippen MR) is 102 cm³/mol. The number of nitrogens with zero attached hydrogens (tertiary/aromatic N) is 1. The van der Waals surface area contributed by atoms with E-state index in [1.807, 2.05) is 44.2 Å². The van der Waals surface area contributed by atoms with Gasteiger partial charge in [0, 0.05) is 30.1 Å². The zero-order chi connectivity index (χ0) is 17.9. The van der Waals surface area contributed by atoms with Crippen LogP contribution in [0.3, 0.4) is 0 Å². The lowest BCUT2D eigenvalue weighted by Gasteiger charge is -2.20. The van der Waals surface area contributed by atoms with Crippen molar-refractivity contribution in [2.24, 2.45) is 0 Å². The van der Waals surface area contributed by atoms with Gasteiger partial charge in [-0.1, -0.05) is 24.3 Å². The van der Waals surface area contributed by atoms with Crippen LogP contribution < -0.4 is 10.2 Å². The molecule has 1 aromatic carbocycles. The molecule has 0 saturated heterocycles. The normalized spacial score (nSPS) is 15.3. The summed E-state index contributed by atoms with van der Waals surface area (Å²) in [6.45, 7) is 4.99. The number of rotatable bonds is 7. The quantitative estimate of drug-likeness (QED) is 0.772. The first-order chi connectivity index (χ1) is 12.0. The summed E-state index contributed by atoms with van der Waals surface area (Å²) in [5.74, 6) is 0.0698. The van der Waals surface area contributed by atoms with Gasteiger partial charge in [0.1, 0.15) is 0 Å². The summed E-state index contributed by atoms with van der Waals surface area (Å²) >= 11 is 1.75. The van der Waals surface area contributed by atoms with Crippen molar-refractivity contribution in [1.82, 2.24) is 5.32 Å². The molecular formula is C20H24N2O2S. The molecule has 0 saturated carbocycles. The molecule has 0 radical (unpaired) electrons. The number of thiophene rings is 1. The Labute approximate surface area is 152 Å². The molecule has 1 aromatic heterocycles. The van der Waals surface area contributed by atoms with E-state index in [0.717, 1.165) is 24.1 Å². The van der Waals surface area contributed by atoms with Crippen LogP contribution in [0.2, 0.25) is 0 Å². The van der Waals surface area contributed by atoms with E-state index < -0.39 is 5.41 Å². The van der Waals surface area contributed by atoms with E-state index in [1.54, 1.807) is 16.2 Å². The van der Waals surface area contributed by atoms with Crippen LogP contribution in [-0.2, 0) is 21.4 Å². The van der Waals surface area contributed by atoms with Gasteiger partial charge in [-0.2, -0.15) is 0 Å². The summed E-state index contributed by atoms with van der Waals surface area (Å²) in [6, 6.07) is 12.0. The molecule has 0 bridgehead atoms. The first-order valence-corrected chi connectivity index (χ1v) is 9.58. The number of hydrogen-bond acceptors (Lipinski definition) is 3. The molecule has 0 atom stereocenters. The highest BCUT2D eigenvalue weighted by Crippen LogP contribution is 2.41. The second kappa shape index (κ2) is 7.40. The van der Waals surface area contributed by atoms with E-state index >= 15 is 0 Å². The Morgan fingerprint density at radius 2 is 2.00 bits per heavy atom. The van der Waals surface area contributed by atoms with Crippen molar-refractivity contribution in [2.75, 3.05) is 18.0 Å². The molecule has 4 nitrogen and oxygen atoms in total. The standard InChI is InChI=1S/C20H24N2O2S/c1-20(2)16-9-3-4-10-17(16)22(19(20)24)13-11-18(23)21-12-5-7-15-8-6-14-25-15/h3-4,6,8-10,14H,5,7,11-13H2,1-2H3,(H,21,23). The average molecular weight is 356 g/mol. The van der Waals surface area contributed by atoms with E-state index in [4.69, 9.17) is 0 Å². The fraction of sp³-hybridized carbons (Fsp3) is 0.400. The maximum Gasteiger partial charge on any atom is 0.237 e. The lowest BCUT2D eigenvalue weighted by molar-refractivity contribution is -0.122. The molecule has 0 unspecified atom stereocenters. The SMILES string of the molecule is CC1(C)C(=O)N(CCC(=O)NCCCc2cccs2)c2ccccc21. The van der Waals surface area contributed by atoms with Gasteiger partial charge < -0.3 is 10.2 Å². The van der Waals surface area contributed by atoms with Gasteiger partial charge in [0.2, 0.25) is 11.8 Å². The smallest absolute Gasteiger partial charge is 0.237 e. The lowest BCUT2D eigenvalue weighted by Crippen LogP contribution is -2.38. The van der Waals surface area contributed by atoms with Crippen LogP contribution in [0.5, 0.6) is 0 Å². The number of anilines is 1. The van der Waals surface area contributed by atoms with Crippen LogP contribution in [0.4, 0.5) is 5.69 Å².